The molecule has 1 heterocycles. The molecule has 25 heavy (non-hydrogen) atoms. The molecule has 1 unspecified atom stereocenters. The van der Waals surface area contributed by atoms with Gasteiger partial charge in [0.15, 0.2) is 0 Å². The molecule has 8 heteroatoms. The van der Waals surface area contributed by atoms with Crippen LogP contribution in [0.4, 0.5) is 0 Å². The zero-order valence-electron chi connectivity index (χ0n) is 14.9. The van der Waals surface area contributed by atoms with Crippen LogP contribution in [0.2, 0.25) is 0 Å². The van der Waals surface area contributed by atoms with Crippen molar-refractivity contribution < 1.29 is 17.9 Å². The van der Waals surface area contributed by atoms with Crippen molar-refractivity contribution in [2.75, 3.05) is 20.2 Å². The molecule has 1 aromatic carbocycles. The Labute approximate surface area is 156 Å². The number of piperidine rings is 1. The van der Waals surface area contributed by atoms with E-state index < -0.39 is 16.0 Å². The fraction of sp³-hybridized carbons (Fsp3) is 0.588. The number of hydrogen-bond donors (Lipinski definition) is 2. The van der Waals surface area contributed by atoms with Gasteiger partial charge in [0.05, 0.1) is 18.4 Å². The Hall–Kier alpha value is -1.15. The van der Waals surface area contributed by atoms with Gasteiger partial charge in [-0.3, -0.25) is 0 Å². The summed E-state index contributed by atoms with van der Waals surface area (Å²) in [5.41, 5.74) is 0.965. The van der Waals surface area contributed by atoms with Crippen LogP contribution in [0.15, 0.2) is 24.3 Å². The summed E-state index contributed by atoms with van der Waals surface area (Å²) in [7, 11) is -2.18. The Morgan fingerprint density at radius 1 is 1.40 bits per heavy atom. The Morgan fingerprint density at radius 3 is 2.76 bits per heavy atom. The van der Waals surface area contributed by atoms with E-state index in [-0.39, 0.29) is 29.6 Å². The van der Waals surface area contributed by atoms with E-state index in [0.717, 1.165) is 19.4 Å². The summed E-state index contributed by atoms with van der Waals surface area (Å²) in [6.45, 7) is 5.58. The van der Waals surface area contributed by atoms with Gasteiger partial charge in [0.2, 0.25) is 10.0 Å². The molecular formula is C17H27ClN2O4S. The van der Waals surface area contributed by atoms with Crippen LogP contribution in [-0.4, -0.2) is 40.6 Å². The lowest BCUT2D eigenvalue weighted by Gasteiger charge is -2.39. The number of benzene rings is 1. The normalized spacial score (nSPS) is 19.7. The molecule has 1 fully saturated rings. The molecule has 0 saturated carbocycles. The van der Waals surface area contributed by atoms with Gasteiger partial charge >= 0.3 is 5.97 Å². The van der Waals surface area contributed by atoms with Gasteiger partial charge in [-0.1, -0.05) is 26.0 Å². The van der Waals surface area contributed by atoms with Crippen LogP contribution in [-0.2, 0) is 20.5 Å². The highest BCUT2D eigenvalue weighted by Crippen LogP contribution is 2.29. The SMILES string of the molecule is COC(=O)c1cccc(CS(=O)(=O)NCC2NCCCC2(C)C)c1.Cl. The highest BCUT2D eigenvalue weighted by atomic mass is 35.5. The molecule has 6 nitrogen and oxygen atoms in total. The third-order valence-electron chi connectivity index (χ3n) is 4.54. The molecule has 0 amide bonds. The molecule has 142 valence electrons. The van der Waals surface area contributed by atoms with Crippen LogP contribution >= 0.6 is 12.4 Å². The molecule has 1 saturated heterocycles. The standard InChI is InChI=1S/C17H26N2O4S.ClH/c1-17(2)8-5-9-18-15(17)11-19-24(21,22)12-13-6-4-7-14(10-13)16(20)23-3;/h4,6-7,10,15,18-19H,5,8-9,11-12H2,1-3H3;1H. The van der Waals surface area contributed by atoms with E-state index in [9.17, 15) is 13.2 Å². The lowest BCUT2D eigenvalue weighted by Crippen LogP contribution is -2.52. The molecule has 1 aliphatic heterocycles. The van der Waals surface area contributed by atoms with Crippen LogP contribution in [0.3, 0.4) is 0 Å². The fourth-order valence-corrected chi connectivity index (χ4v) is 4.15. The monoisotopic (exact) mass is 390 g/mol. The van der Waals surface area contributed by atoms with E-state index >= 15 is 0 Å². The van der Waals surface area contributed by atoms with E-state index in [2.05, 4.69) is 28.6 Å². The van der Waals surface area contributed by atoms with Crippen molar-refractivity contribution in [2.45, 2.75) is 38.5 Å². The summed E-state index contributed by atoms with van der Waals surface area (Å²) in [4.78, 5) is 11.5. The minimum Gasteiger partial charge on any atom is -0.465 e. The number of ether oxygens (including phenoxy) is 1. The summed E-state index contributed by atoms with van der Waals surface area (Å²) < 4.78 is 32.0. The van der Waals surface area contributed by atoms with Gasteiger partial charge in [0.25, 0.3) is 0 Å². The molecule has 1 aromatic rings. The Morgan fingerprint density at radius 2 is 2.12 bits per heavy atom. The third kappa shape index (κ3) is 6.26. The van der Waals surface area contributed by atoms with Crippen molar-refractivity contribution in [3.8, 4) is 0 Å². The quantitative estimate of drug-likeness (QED) is 0.726. The van der Waals surface area contributed by atoms with Crippen LogP contribution in [0, 0.1) is 5.41 Å². The number of esters is 1. The number of nitrogens with one attached hydrogen (secondary N) is 2. The summed E-state index contributed by atoms with van der Waals surface area (Å²) in [6.07, 6.45) is 2.18. The zero-order valence-corrected chi connectivity index (χ0v) is 16.5. The summed E-state index contributed by atoms with van der Waals surface area (Å²) in [5, 5.41) is 3.39. The van der Waals surface area contributed by atoms with Crippen LogP contribution in [0.1, 0.15) is 42.6 Å². The smallest absolute Gasteiger partial charge is 0.337 e. The maximum Gasteiger partial charge on any atom is 0.337 e. The van der Waals surface area contributed by atoms with Crippen molar-refractivity contribution in [3.63, 3.8) is 0 Å². The summed E-state index contributed by atoms with van der Waals surface area (Å²) in [6, 6.07) is 6.61. The van der Waals surface area contributed by atoms with Crippen molar-refractivity contribution in [1.29, 1.82) is 0 Å². The maximum absolute atomic E-state index is 12.3. The molecule has 1 aliphatic rings. The van der Waals surface area contributed by atoms with Crippen LogP contribution in [0.25, 0.3) is 0 Å². The van der Waals surface area contributed by atoms with Crippen molar-refractivity contribution in [2.24, 2.45) is 5.41 Å². The van der Waals surface area contributed by atoms with E-state index in [1.54, 1.807) is 24.3 Å². The molecule has 2 rings (SSSR count). The van der Waals surface area contributed by atoms with Crippen molar-refractivity contribution >= 4 is 28.4 Å². The van der Waals surface area contributed by atoms with Crippen LogP contribution in [0.5, 0.6) is 0 Å². The minimum absolute atomic E-state index is 0. The topological polar surface area (TPSA) is 84.5 Å². The van der Waals surface area contributed by atoms with Gasteiger partial charge in [-0.25, -0.2) is 17.9 Å². The number of carbonyl (C=O) groups is 1. The molecule has 0 bridgehead atoms. The van der Waals surface area contributed by atoms with E-state index in [1.807, 2.05) is 0 Å². The van der Waals surface area contributed by atoms with E-state index in [1.165, 1.54) is 7.11 Å². The number of rotatable bonds is 6. The van der Waals surface area contributed by atoms with Gasteiger partial charge in [0, 0.05) is 12.6 Å². The highest BCUT2D eigenvalue weighted by Gasteiger charge is 2.32. The molecule has 0 aliphatic carbocycles. The molecule has 1 atom stereocenters. The van der Waals surface area contributed by atoms with Crippen molar-refractivity contribution in [1.82, 2.24) is 10.0 Å². The van der Waals surface area contributed by atoms with E-state index in [0.29, 0.717) is 17.7 Å². The lowest BCUT2D eigenvalue weighted by molar-refractivity contribution is 0.0600. The Kier molecular flexibility index (Phi) is 7.87. The first-order valence-corrected chi connectivity index (χ1v) is 9.77. The average Bonchev–Trinajstić information content (AvgIpc) is 2.52. The summed E-state index contributed by atoms with van der Waals surface area (Å²) >= 11 is 0. The second-order valence-corrected chi connectivity index (χ2v) is 8.71. The number of methoxy groups -OCH3 is 1. The Bertz CT molecular complexity index is 692. The van der Waals surface area contributed by atoms with Gasteiger partial charge < -0.3 is 10.1 Å². The first kappa shape index (κ1) is 21.9. The molecule has 0 radical (unpaired) electrons. The first-order valence-electron chi connectivity index (χ1n) is 8.11. The second-order valence-electron chi connectivity index (χ2n) is 6.90. The highest BCUT2D eigenvalue weighted by molar-refractivity contribution is 7.88. The largest absolute Gasteiger partial charge is 0.465 e. The van der Waals surface area contributed by atoms with Gasteiger partial charge in [-0.05, 0) is 42.5 Å². The number of hydrogen-bond acceptors (Lipinski definition) is 5. The third-order valence-corrected chi connectivity index (χ3v) is 5.86. The predicted octanol–water partition coefficient (Wildman–Crippen LogP) is 2.09. The molecule has 2 N–H and O–H groups in total. The first-order chi connectivity index (χ1) is 11.2. The van der Waals surface area contributed by atoms with Crippen molar-refractivity contribution in [3.05, 3.63) is 35.4 Å². The van der Waals surface area contributed by atoms with Gasteiger partial charge in [-0.15, -0.1) is 12.4 Å². The van der Waals surface area contributed by atoms with Gasteiger partial charge in [0.1, 0.15) is 0 Å². The lowest BCUT2D eigenvalue weighted by atomic mass is 9.78. The molecule has 0 spiro atoms. The molecule has 0 aromatic heterocycles. The fourth-order valence-electron chi connectivity index (χ4n) is 3.01. The van der Waals surface area contributed by atoms with E-state index in [4.69, 9.17) is 0 Å². The number of sulfonamides is 1. The number of halogens is 1. The summed E-state index contributed by atoms with van der Waals surface area (Å²) in [5.74, 6) is -0.638. The second kappa shape index (κ2) is 8.98. The predicted molar refractivity (Wildman–Crippen MR) is 100 cm³/mol. The number of carbonyl (C=O) groups excluding carboxylic acids is 1. The minimum atomic E-state index is -3.48. The average molecular weight is 391 g/mol. The molecular weight excluding hydrogens is 364 g/mol. The maximum atomic E-state index is 12.3. The van der Waals surface area contributed by atoms with Crippen LogP contribution < -0.4 is 10.0 Å². The zero-order chi connectivity index (χ0) is 17.8. The Balaban J connectivity index is 0.00000312. The van der Waals surface area contributed by atoms with Gasteiger partial charge in [-0.2, -0.15) is 0 Å².